The molecule has 2 N–H and O–H groups in total. The number of carbonyl (C=O) groups excluding carboxylic acids is 1. The normalized spacial score (nSPS) is 12.8. The first-order chi connectivity index (χ1) is 8.88. The highest BCUT2D eigenvalue weighted by Gasteiger charge is 2.19. The Balaban J connectivity index is 2.62. The van der Waals surface area contributed by atoms with Crippen molar-refractivity contribution in [1.29, 1.82) is 0 Å². The Bertz CT molecular complexity index is 443. The summed E-state index contributed by atoms with van der Waals surface area (Å²) in [5, 5.41) is 17.0. The second kappa shape index (κ2) is 6.91. The van der Waals surface area contributed by atoms with E-state index >= 15 is 0 Å². The number of aryl methyl sites for hydroxylation is 2. The van der Waals surface area contributed by atoms with Gasteiger partial charge in [0, 0.05) is 13.1 Å². The van der Waals surface area contributed by atoms with Gasteiger partial charge in [-0.1, -0.05) is 25.4 Å². The van der Waals surface area contributed by atoms with Crippen LogP contribution in [0.3, 0.4) is 0 Å². The number of carbonyl (C=O) groups is 1. The van der Waals surface area contributed by atoms with Crippen LogP contribution in [0.5, 0.6) is 0 Å². The van der Waals surface area contributed by atoms with Gasteiger partial charge in [0.1, 0.15) is 5.15 Å². The van der Waals surface area contributed by atoms with Crippen LogP contribution in [-0.4, -0.2) is 33.4 Å². The van der Waals surface area contributed by atoms with Crippen LogP contribution in [0.2, 0.25) is 5.15 Å². The van der Waals surface area contributed by atoms with Crippen LogP contribution in [0.25, 0.3) is 0 Å². The highest BCUT2D eigenvalue weighted by atomic mass is 35.5. The third-order valence-electron chi connectivity index (χ3n) is 3.09. The molecule has 0 radical (unpaired) electrons. The standard InChI is InChI=1S/C13H22ClN3O2/c1-5-17-12(14)11(9(4)16-17)13(19)15-7-6-10(18)8(2)3/h8,10,18H,5-7H2,1-4H3,(H,15,19). The molecule has 108 valence electrons. The van der Waals surface area contributed by atoms with Crippen molar-refractivity contribution >= 4 is 17.5 Å². The van der Waals surface area contributed by atoms with Gasteiger partial charge < -0.3 is 10.4 Å². The Hall–Kier alpha value is -1.07. The number of aliphatic hydroxyl groups excluding tert-OH is 1. The van der Waals surface area contributed by atoms with Crippen molar-refractivity contribution in [2.45, 2.75) is 46.8 Å². The number of nitrogens with zero attached hydrogens (tertiary/aromatic N) is 2. The molecule has 0 saturated heterocycles. The maximum absolute atomic E-state index is 12.0. The van der Waals surface area contributed by atoms with Crippen molar-refractivity contribution in [3.63, 3.8) is 0 Å². The summed E-state index contributed by atoms with van der Waals surface area (Å²) in [4.78, 5) is 12.0. The number of amides is 1. The lowest BCUT2D eigenvalue weighted by atomic mass is 10.0. The number of halogens is 1. The molecule has 1 amide bonds. The zero-order valence-corrected chi connectivity index (χ0v) is 12.7. The first-order valence-electron chi connectivity index (χ1n) is 6.57. The topological polar surface area (TPSA) is 67.2 Å². The van der Waals surface area contributed by atoms with E-state index in [1.54, 1.807) is 11.6 Å². The van der Waals surface area contributed by atoms with Gasteiger partial charge in [-0.05, 0) is 26.2 Å². The van der Waals surface area contributed by atoms with Gasteiger partial charge in [0.15, 0.2) is 0 Å². The number of hydrogen-bond donors (Lipinski definition) is 2. The highest BCUT2D eigenvalue weighted by Crippen LogP contribution is 2.19. The summed E-state index contributed by atoms with van der Waals surface area (Å²) in [6.07, 6.45) is 0.123. The Morgan fingerprint density at radius 3 is 2.63 bits per heavy atom. The predicted molar refractivity (Wildman–Crippen MR) is 75.4 cm³/mol. The van der Waals surface area contributed by atoms with Crippen molar-refractivity contribution in [2.24, 2.45) is 5.92 Å². The van der Waals surface area contributed by atoms with E-state index in [0.29, 0.717) is 35.9 Å². The summed E-state index contributed by atoms with van der Waals surface area (Å²) in [5.41, 5.74) is 1.04. The summed E-state index contributed by atoms with van der Waals surface area (Å²) in [5.74, 6) is -0.0526. The lowest BCUT2D eigenvalue weighted by Gasteiger charge is -2.14. The van der Waals surface area contributed by atoms with E-state index in [-0.39, 0.29) is 11.8 Å². The van der Waals surface area contributed by atoms with Crippen LogP contribution in [0, 0.1) is 12.8 Å². The molecule has 1 atom stereocenters. The SMILES string of the molecule is CCn1nc(C)c(C(=O)NCCC(O)C(C)C)c1Cl. The first-order valence-corrected chi connectivity index (χ1v) is 6.95. The van der Waals surface area contributed by atoms with E-state index in [1.165, 1.54) is 0 Å². The van der Waals surface area contributed by atoms with Gasteiger partial charge in [0.05, 0.1) is 17.4 Å². The largest absolute Gasteiger partial charge is 0.393 e. The van der Waals surface area contributed by atoms with Crippen LogP contribution in [0.15, 0.2) is 0 Å². The molecule has 6 heteroatoms. The van der Waals surface area contributed by atoms with Gasteiger partial charge >= 0.3 is 0 Å². The fourth-order valence-electron chi connectivity index (χ4n) is 1.78. The maximum atomic E-state index is 12.0. The smallest absolute Gasteiger partial charge is 0.256 e. The van der Waals surface area contributed by atoms with E-state index in [1.807, 2.05) is 20.8 Å². The Kier molecular flexibility index (Phi) is 5.82. The summed E-state index contributed by atoms with van der Waals surface area (Å²) in [6, 6.07) is 0. The third kappa shape index (κ3) is 3.94. The molecule has 1 rings (SSSR count). The molecule has 0 fully saturated rings. The molecule has 0 aliphatic rings. The van der Waals surface area contributed by atoms with Crippen LogP contribution >= 0.6 is 11.6 Å². The van der Waals surface area contributed by atoms with Crippen LogP contribution in [0.4, 0.5) is 0 Å². The van der Waals surface area contributed by atoms with Crippen molar-refractivity contribution < 1.29 is 9.90 Å². The number of rotatable bonds is 6. The summed E-state index contributed by atoms with van der Waals surface area (Å²) in [6.45, 7) is 8.61. The quantitative estimate of drug-likeness (QED) is 0.841. The molecule has 0 aliphatic heterocycles. The molecular formula is C13H22ClN3O2. The van der Waals surface area contributed by atoms with Crippen LogP contribution < -0.4 is 5.32 Å². The van der Waals surface area contributed by atoms with E-state index < -0.39 is 6.10 Å². The van der Waals surface area contributed by atoms with Crippen molar-refractivity contribution in [2.75, 3.05) is 6.54 Å². The summed E-state index contributed by atoms with van der Waals surface area (Å²) in [7, 11) is 0. The second-order valence-corrected chi connectivity index (χ2v) is 5.28. The summed E-state index contributed by atoms with van der Waals surface area (Å²) < 4.78 is 1.59. The zero-order chi connectivity index (χ0) is 14.6. The molecule has 0 saturated carbocycles. The Morgan fingerprint density at radius 2 is 2.16 bits per heavy atom. The minimum Gasteiger partial charge on any atom is -0.393 e. The van der Waals surface area contributed by atoms with Gasteiger partial charge in [-0.3, -0.25) is 9.48 Å². The molecule has 19 heavy (non-hydrogen) atoms. The predicted octanol–water partition coefficient (Wildman–Crippen LogP) is 2.00. The molecule has 0 aliphatic carbocycles. The van der Waals surface area contributed by atoms with Gasteiger partial charge in [-0.2, -0.15) is 5.10 Å². The lowest BCUT2D eigenvalue weighted by Crippen LogP contribution is -2.29. The monoisotopic (exact) mass is 287 g/mol. The number of nitrogens with one attached hydrogen (secondary N) is 1. The Morgan fingerprint density at radius 1 is 1.53 bits per heavy atom. The maximum Gasteiger partial charge on any atom is 0.256 e. The second-order valence-electron chi connectivity index (χ2n) is 4.92. The molecular weight excluding hydrogens is 266 g/mol. The lowest BCUT2D eigenvalue weighted by molar-refractivity contribution is 0.0919. The molecule has 0 aromatic carbocycles. The van der Waals surface area contributed by atoms with E-state index in [9.17, 15) is 9.90 Å². The summed E-state index contributed by atoms with van der Waals surface area (Å²) >= 11 is 6.11. The van der Waals surface area contributed by atoms with Crippen molar-refractivity contribution in [3.05, 3.63) is 16.4 Å². The molecule has 1 aromatic rings. The number of aromatic nitrogens is 2. The minimum atomic E-state index is -0.407. The molecule has 5 nitrogen and oxygen atoms in total. The average Bonchev–Trinajstić information content (AvgIpc) is 2.63. The van der Waals surface area contributed by atoms with Gasteiger partial charge in [0.2, 0.25) is 0 Å². The van der Waals surface area contributed by atoms with E-state index in [4.69, 9.17) is 11.6 Å². The van der Waals surface area contributed by atoms with Gasteiger partial charge in [-0.15, -0.1) is 0 Å². The van der Waals surface area contributed by atoms with E-state index in [2.05, 4.69) is 10.4 Å². The van der Waals surface area contributed by atoms with Crippen LogP contribution in [-0.2, 0) is 6.54 Å². The van der Waals surface area contributed by atoms with Crippen LogP contribution in [0.1, 0.15) is 43.2 Å². The third-order valence-corrected chi connectivity index (χ3v) is 3.47. The van der Waals surface area contributed by atoms with Crippen molar-refractivity contribution in [1.82, 2.24) is 15.1 Å². The molecule has 1 unspecified atom stereocenters. The zero-order valence-electron chi connectivity index (χ0n) is 11.9. The minimum absolute atomic E-state index is 0.185. The fraction of sp³-hybridized carbons (Fsp3) is 0.692. The highest BCUT2D eigenvalue weighted by molar-refractivity contribution is 6.33. The van der Waals surface area contributed by atoms with E-state index in [0.717, 1.165) is 0 Å². The number of hydrogen-bond acceptors (Lipinski definition) is 3. The molecule has 1 heterocycles. The van der Waals surface area contributed by atoms with Gasteiger partial charge in [0.25, 0.3) is 5.91 Å². The average molecular weight is 288 g/mol. The number of aliphatic hydroxyl groups is 1. The van der Waals surface area contributed by atoms with Gasteiger partial charge in [-0.25, -0.2) is 0 Å². The molecule has 0 bridgehead atoms. The first kappa shape index (κ1) is 16.0. The fourth-order valence-corrected chi connectivity index (χ4v) is 2.16. The molecule has 0 spiro atoms. The molecule has 1 aromatic heterocycles. The van der Waals surface area contributed by atoms with Crippen molar-refractivity contribution in [3.8, 4) is 0 Å². The Labute approximate surface area is 118 Å².